The van der Waals surface area contributed by atoms with Crippen LogP contribution in [0.3, 0.4) is 0 Å². The maximum Gasteiger partial charge on any atom is 0.145 e. The summed E-state index contributed by atoms with van der Waals surface area (Å²) in [5, 5.41) is 8.98. The molecule has 0 saturated carbocycles. The van der Waals surface area contributed by atoms with Gasteiger partial charge in [0, 0.05) is 16.3 Å². The number of hydrogen-bond donors (Lipinski definition) is 1. The van der Waals surface area contributed by atoms with Crippen LogP contribution in [0.15, 0.2) is 24.3 Å². The molecule has 4 heteroatoms. The molecular formula is C16H18N2OS. The molecule has 0 bridgehead atoms. The van der Waals surface area contributed by atoms with Gasteiger partial charge in [-0.3, -0.25) is 0 Å². The predicted octanol–water partition coefficient (Wildman–Crippen LogP) is 3.62. The molecule has 1 aromatic heterocycles. The molecule has 0 saturated heterocycles. The first-order valence-electron chi connectivity index (χ1n) is 6.49. The van der Waals surface area contributed by atoms with Crippen LogP contribution in [-0.4, -0.2) is 6.54 Å². The number of nitriles is 1. The Hall–Kier alpha value is -1.83. The zero-order chi connectivity index (χ0) is 14.7. The maximum atomic E-state index is 8.98. The van der Waals surface area contributed by atoms with E-state index in [4.69, 9.17) is 15.7 Å². The maximum absolute atomic E-state index is 8.98. The molecule has 0 aliphatic carbocycles. The van der Waals surface area contributed by atoms with Gasteiger partial charge in [0.1, 0.15) is 11.9 Å². The third kappa shape index (κ3) is 3.01. The van der Waals surface area contributed by atoms with E-state index in [1.807, 2.05) is 26.0 Å². The van der Waals surface area contributed by atoms with Crippen molar-refractivity contribution in [1.29, 1.82) is 5.26 Å². The first kappa shape index (κ1) is 14.6. The summed E-state index contributed by atoms with van der Waals surface area (Å²) in [6.45, 7) is 6.41. The van der Waals surface area contributed by atoms with E-state index in [9.17, 15) is 0 Å². The molecule has 0 radical (unpaired) electrons. The minimum absolute atomic E-state index is 0.140. The lowest BCUT2D eigenvalue weighted by Crippen LogP contribution is -2.18. The summed E-state index contributed by atoms with van der Waals surface area (Å²) in [4.78, 5) is 2.38. The number of aryl methyl sites for hydroxylation is 3. The Morgan fingerprint density at radius 3 is 2.35 bits per heavy atom. The van der Waals surface area contributed by atoms with Gasteiger partial charge in [0.05, 0.1) is 11.6 Å². The predicted molar refractivity (Wildman–Crippen MR) is 82.1 cm³/mol. The Balaban J connectivity index is 2.31. The fourth-order valence-electron chi connectivity index (χ4n) is 2.19. The molecule has 2 N–H and O–H groups in total. The van der Waals surface area contributed by atoms with E-state index in [1.54, 1.807) is 11.3 Å². The Morgan fingerprint density at radius 1 is 1.25 bits per heavy atom. The molecule has 0 spiro atoms. The van der Waals surface area contributed by atoms with Gasteiger partial charge < -0.3 is 10.5 Å². The second kappa shape index (κ2) is 6.08. The normalized spacial score (nSPS) is 11.9. The molecule has 2 aromatic rings. The van der Waals surface area contributed by atoms with Crippen LogP contribution >= 0.6 is 11.3 Å². The molecule has 2 rings (SSSR count). The second-order valence-corrected chi connectivity index (χ2v) is 6.16. The molecule has 1 aromatic carbocycles. The fourth-order valence-corrected chi connectivity index (χ4v) is 3.11. The molecular weight excluding hydrogens is 268 g/mol. The molecule has 0 fully saturated rings. The summed E-state index contributed by atoms with van der Waals surface area (Å²) in [5.41, 5.74) is 8.44. The molecule has 0 amide bonds. The summed E-state index contributed by atoms with van der Waals surface area (Å²) < 4.78 is 6.10. The molecule has 1 unspecified atom stereocenters. The van der Waals surface area contributed by atoms with Crippen LogP contribution in [0.1, 0.15) is 32.5 Å². The zero-order valence-corrected chi connectivity index (χ0v) is 12.8. The highest BCUT2D eigenvalue weighted by Crippen LogP contribution is 2.31. The van der Waals surface area contributed by atoms with Crippen molar-refractivity contribution in [2.45, 2.75) is 26.9 Å². The molecule has 3 nitrogen and oxygen atoms in total. The fraction of sp³-hybridized carbons (Fsp3) is 0.312. The van der Waals surface area contributed by atoms with E-state index in [0.717, 1.165) is 21.8 Å². The van der Waals surface area contributed by atoms with Crippen molar-refractivity contribution in [2.24, 2.45) is 5.73 Å². The summed E-state index contributed by atoms with van der Waals surface area (Å²) in [6, 6.07) is 9.98. The van der Waals surface area contributed by atoms with Gasteiger partial charge in [0.2, 0.25) is 0 Å². The SMILES string of the molecule is Cc1ccc(C(CN)Oc2c(C)cc(C#N)cc2C)s1. The number of ether oxygens (including phenoxy) is 1. The average molecular weight is 286 g/mol. The lowest BCUT2D eigenvalue weighted by Gasteiger charge is -2.19. The Kier molecular flexibility index (Phi) is 4.43. The summed E-state index contributed by atoms with van der Waals surface area (Å²) in [7, 11) is 0. The third-order valence-electron chi connectivity index (χ3n) is 3.14. The van der Waals surface area contributed by atoms with Gasteiger partial charge in [-0.15, -0.1) is 11.3 Å². The van der Waals surface area contributed by atoms with Crippen LogP contribution in [0.4, 0.5) is 0 Å². The largest absolute Gasteiger partial charge is 0.483 e. The summed E-state index contributed by atoms with van der Waals surface area (Å²) in [5.74, 6) is 0.825. The molecule has 0 aliphatic heterocycles. The number of nitrogens with two attached hydrogens (primary N) is 1. The van der Waals surface area contributed by atoms with Crippen LogP contribution in [0, 0.1) is 32.1 Å². The van der Waals surface area contributed by atoms with Gasteiger partial charge in [0.25, 0.3) is 0 Å². The van der Waals surface area contributed by atoms with E-state index in [2.05, 4.69) is 25.1 Å². The molecule has 1 heterocycles. The molecule has 104 valence electrons. The van der Waals surface area contributed by atoms with Gasteiger partial charge in [0.15, 0.2) is 0 Å². The Morgan fingerprint density at radius 2 is 1.90 bits per heavy atom. The van der Waals surface area contributed by atoms with E-state index in [0.29, 0.717) is 12.1 Å². The number of rotatable bonds is 4. The van der Waals surface area contributed by atoms with Crippen molar-refractivity contribution in [3.8, 4) is 11.8 Å². The van der Waals surface area contributed by atoms with Crippen LogP contribution in [0.25, 0.3) is 0 Å². The number of thiophene rings is 1. The Labute approximate surface area is 123 Å². The Bertz CT molecular complexity index is 632. The molecule has 20 heavy (non-hydrogen) atoms. The average Bonchev–Trinajstić information content (AvgIpc) is 2.84. The van der Waals surface area contributed by atoms with Crippen LogP contribution in [0.2, 0.25) is 0 Å². The summed E-state index contributed by atoms with van der Waals surface area (Å²) in [6.07, 6.45) is -0.140. The number of benzene rings is 1. The highest BCUT2D eigenvalue weighted by molar-refractivity contribution is 7.12. The number of hydrogen-bond acceptors (Lipinski definition) is 4. The smallest absolute Gasteiger partial charge is 0.145 e. The monoisotopic (exact) mass is 286 g/mol. The standard InChI is InChI=1S/C16H18N2OS/c1-10-6-13(8-17)7-11(2)16(10)19-14(9-18)15-5-4-12(3)20-15/h4-7,14H,9,18H2,1-3H3. The van der Waals surface area contributed by atoms with Gasteiger partial charge in [-0.25, -0.2) is 0 Å². The highest BCUT2D eigenvalue weighted by Gasteiger charge is 2.16. The van der Waals surface area contributed by atoms with Gasteiger partial charge in [-0.1, -0.05) is 0 Å². The van der Waals surface area contributed by atoms with Gasteiger partial charge in [-0.05, 0) is 56.2 Å². The lowest BCUT2D eigenvalue weighted by atomic mass is 10.1. The minimum atomic E-state index is -0.140. The van der Waals surface area contributed by atoms with Crippen molar-refractivity contribution in [2.75, 3.05) is 6.54 Å². The topological polar surface area (TPSA) is 59.0 Å². The second-order valence-electron chi connectivity index (χ2n) is 4.84. The van der Waals surface area contributed by atoms with E-state index in [-0.39, 0.29) is 6.10 Å². The van der Waals surface area contributed by atoms with Crippen LogP contribution in [0.5, 0.6) is 5.75 Å². The summed E-state index contributed by atoms with van der Waals surface area (Å²) >= 11 is 1.70. The van der Waals surface area contributed by atoms with Crippen molar-refractivity contribution < 1.29 is 4.74 Å². The quantitative estimate of drug-likeness (QED) is 0.933. The van der Waals surface area contributed by atoms with Crippen molar-refractivity contribution >= 4 is 11.3 Å². The first-order valence-corrected chi connectivity index (χ1v) is 7.31. The van der Waals surface area contributed by atoms with Crippen molar-refractivity contribution in [3.63, 3.8) is 0 Å². The van der Waals surface area contributed by atoms with Gasteiger partial charge in [-0.2, -0.15) is 5.26 Å². The van der Waals surface area contributed by atoms with E-state index in [1.165, 1.54) is 4.88 Å². The molecule has 1 atom stereocenters. The molecule has 0 aliphatic rings. The minimum Gasteiger partial charge on any atom is -0.483 e. The number of nitrogens with zero attached hydrogens (tertiary/aromatic N) is 1. The van der Waals surface area contributed by atoms with Crippen molar-refractivity contribution in [1.82, 2.24) is 0 Å². The van der Waals surface area contributed by atoms with E-state index < -0.39 is 0 Å². The van der Waals surface area contributed by atoms with Crippen molar-refractivity contribution in [3.05, 3.63) is 50.7 Å². The highest BCUT2D eigenvalue weighted by atomic mass is 32.1. The third-order valence-corrected chi connectivity index (χ3v) is 4.23. The van der Waals surface area contributed by atoms with Gasteiger partial charge >= 0.3 is 0 Å². The first-order chi connectivity index (χ1) is 9.55. The van der Waals surface area contributed by atoms with Crippen LogP contribution < -0.4 is 10.5 Å². The van der Waals surface area contributed by atoms with E-state index >= 15 is 0 Å². The van der Waals surface area contributed by atoms with Crippen LogP contribution in [-0.2, 0) is 0 Å². The lowest BCUT2D eigenvalue weighted by molar-refractivity contribution is 0.215. The zero-order valence-electron chi connectivity index (χ0n) is 11.9.